The van der Waals surface area contributed by atoms with Gasteiger partial charge in [-0.3, -0.25) is 38.4 Å². The Morgan fingerprint density at radius 1 is 0.857 bits per heavy atom. The molecule has 0 saturated carbocycles. The third-order valence-corrected chi connectivity index (χ3v) is 6.02. The van der Waals surface area contributed by atoms with Crippen molar-refractivity contribution in [3.8, 4) is 0 Å². The van der Waals surface area contributed by atoms with Gasteiger partial charge < -0.3 is 43.0 Å². The maximum Gasteiger partial charge on any atom is 0.243 e. The van der Waals surface area contributed by atoms with Gasteiger partial charge in [0.1, 0.15) is 18.1 Å². The molecule has 0 aliphatic carbocycles. The lowest BCUT2D eigenvalue weighted by Gasteiger charge is -2.20. The van der Waals surface area contributed by atoms with Gasteiger partial charge in [-0.25, -0.2) is 0 Å². The summed E-state index contributed by atoms with van der Waals surface area (Å²) in [6, 6.07) is 5.22. The first-order valence-corrected chi connectivity index (χ1v) is 13.2. The number of nitrogens with one attached hydrogen (secondary N) is 7. The minimum Gasteiger partial charge on any atom is -0.368 e. The second-order valence-corrected chi connectivity index (χ2v) is 9.48. The molecule has 8 amide bonds. The van der Waals surface area contributed by atoms with Gasteiger partial charge in [-0.1, -0.05) is 30.3 Å². The van der Waals surface area contributed by atoms with Gasteiger partial charge in [0, 0.05) is 26.3 Å². The summed E-state index contributed by atoms with van der Waals surface area (Å²) >= 11 is 0. The molecule has 1 heterocycles. The van der Waals surface area contributed by atoms with E-state index < -0.39 is 85.0 Å². The number of hydrogen-bond acceptors (Lipinski definition) is 8. The van der Waals surface area contributed by atoms with Crippen LogP contribution in [0.15, 0.2) is 30.3 Å². The lowest BCUT2D eigenvalue weighted by atomic mass is 10.1. The van der Waals surface area contributed by atoms with Crippen LogP contribution in [-0.4, -0.2) is 91.6 Å². The monoisotopic (exact) mass is 588 g/mol. The Balaban J connectivity index is 2.23. The van der Waals surface area contributed by atoms with Crippen molar-refractivity contribution in [3.63, 3.8) is 0 Å². The zero-order chi connectivity index (χ0) is 31.1. The number of hydrogen-bond donors (Lipinski definition) is 8. The SMILES string of the molecule is CC(=O)NCC(=O)NC1CCC(=O)NCCC(C(N)=O)NC(=O)CNC(=O)C(Cc2ccccc2)NC(=O)CNC1=O. The highest BCUT2D eigenvalue weighted by atomic mass is 16.2. The Hall–Kier alpha value is -5.02. The van der Waals surface area contributed by atoms with Crippen LogP contribution in [0.4, 0.5) is 0 Å². The van der Waals surface area contributed by atoms with E-state index in [2.05, 4.69) is 37.2 Å². The number of benzene rings is 1. The Kier molecular flexibility index (Phi) is 13.4. The van der Waals surface area contributed by atoms with Crippen LogP contribution in [0.5, 0.6) is 0 Å². The topological polar surface area (TPSA) is 247 Å². The van der Waals surface area contributed by atoms with Crippen LogP contribution in [-0.2, 0) is 44.8 Å². The van der Waals surface area contributed by atoms with E-state index in [1.807, 2.05) is 0 Å². The average molecular weight is 589 g/mol. The molecule has 2 rings (SSSR count). The normalized spacial score (nSPS) is 21.5. The molecule has 0 radical (unpaired) electrons. The van der Waals surface area contributed by atoms with Gasteiger partial charge in [0.2, 0.25) is 47.3 Å². The van der Waals surface area contributed by atoms with Crippen molar-refractivity contribution < 1.29 is 38.4 Å². The molecular formula is C26H36N8O8. The molecule has 0 bridgehead atoms. The summed E-state index contributed by atoms with van der Waals surface area (Å²) < 4.78 is 0. The van der Waals surface area contributed by atoms with Crippen molar-refractivity contribution >= 4 is 47.3 Å². The highest BCUT2D eigenvalue weighted by Crippen LogP contribution is 2.04. The summed E-state index contributed by atoms with van der Waals surface area (Å²) in [6.45, 7) is -0.346. The van der Waals surface area contributed by atoms with Crippen LogP contribution >= 0.6 is 0 Å². The number of carbonyl (C=O) groups excluding carboxylic acids is 8. The second kappa shape index (κ2) is 16.9. The maximum atomic E-state index is 12.9. The summed E-state index contributed by atoms with van der Waals surface area (Å²) in [4.78, 5) is 98.5. The molecule has 42 heavy (non-hydrogen) atoms. The Morgan fingerprint density at radius 3 is 2.14 bits per heavy atom. The van der Waals surface area contributed by atoms with Gasteiger partial charge in [0.05, 0.1) is 19.6 Å². The first-order valence-electron chi connectivity index (χ1n) is 13.2. The third-order valence-electron chi connectivity index (χ3n) is 6.02. The minimum absolute atomic E-state index is 0.0508. The van der Waals surface area contributed by atoms with Crippen molar-refractivity contribution in [1.82, 2.24) is 37.2 Å². The Bertz CT molecular complexity index is 1180. The summed E-state index contributed by atoms with van der Waals surface area (Å²) in [7, 11) is 0. The number of carbonyl (C=O) groups is 8. The molecule has 1 aromatic carbocycles. The molecule has 228 valence electrons. The molecular weight excluding hydrogens is 552 g/mol. The van der Waals surface area contributed by atoms with Crippen molar-refractivity contribution in [2.75, 3.05) is 26.2 Å². The van der Waals surface area contributed by atoms with E-state index in [1.165, 1.54) is 6.92 Å². The van der Waals surface area contributed by atoms with Gasteiger partial charge in [-0.2, -0.15) is 0 Å². The highest BCUT2D eigenvalue weighted by molar-refractivity contribution is 5.95. The fourth-order valence-corrected chi connectivity index (χ4v) is 3.86. The summed E-state index contributed by atoms with van der Waals surface area (Å²) in [5, 5.41) is 16.9. The molecule has 0 spiro atoms. The molecule has 1 aliphatic heterocycles. The molecule has 16 heteroatoms. The molecule has 3 unspecified atom stereocenters. The number of amides is 8. The lowest BCUT2D eigenvalue weighted by molar-refractivity contribution is -0.132. The fourth-order valence-electron chi connectivity index (χ4n) is 3.86. The zero-order valence-corrected chi connectivity index (χ0v) is 23.1. The largest absolute Gasteiger partial charge is 0.368 e. The predicted octanol–water partition coefficient (Wildman–Crippen LogP) is -4.16. The number of nitrogens with two attached hydrogens (primary N) is 1. The predicted molar refractivity (Wildman–Crippen MR) is 147 cm³/mol. The Morgan fingerprint density at radius 2 is 1.50 bits per heavy atom. The average Bonchev–Trinajstić information content (AvgIpc) is 2.94. The first-order chi connectivity index (χ1) is 19.9. The lowest BCUT2D eigenvalue weighted by Crippen LogP contribution is -2.54. The molecule has 16 nitrogen and oxygen atoms in total. The summed E-state index contributed by atoms with van der Waals surface area (Å²) in [5.74, 6) is -5.48. The van der Waals surface area contributed by atoms with E-state index in [0.717, 1.165) is 0 Å². The van der Waals surface area contributed by atoms with Crippen molar-refractivity contribution in [3.05, 3.63) is 35.9 Å². The highest BCUT2D eigenvalue weighted by Gasteiger charge is 2.26. The fraction of sp³-hybridized carbons (Fsp3) is 0.462. The standard InChI is InChI=1S/C26H36N8O8/c1-15(35)29-12-21(37)33-18-7-8-20(36)28-10-9-17(24(27)40)32-22(38)13-31-26(42)19(11-16-5-3-2-4-6-16)34-23(39)14-30-25(18)41/h2-6,17-19H,7-14H2,1H3,(H2,27,40)(H,28,36)(H,29,35)(H,30,41)(H,31,42)(H,32,38)(H,33,37)(H,34,39). The maximum absolute atomic E-state index is 12.9. The van der Waals surface area contributed by atoms with Gasteiger partial charge in [-0.15, -0.1) is 0 Å². The molecule has 1 aromatic rings. The van der Waals surface area contributed by atoms with E-state index in [0.29, 0.717) is 5.56 Å². The van der Waals surface area contributed by atoms with Crippen molar-refractivity contribution in [2.45, 2.75) is 50.7 Å². The van der Waals surface area contributed by atoms with Gasteiger partial charge in [0.25, 0.3) is 0 Å². The van der Waals surface area contributed by atoms with E-state index in [1.54, 1.807) is 30.3 Å². The zero-order valence-electron chi connectivity index (χ0n) is 23.1. The second-order valence-electron chi connectivity index (χ2n) is 9.48. The Labute approximate surface area is 241 Å². The summed E-state index contributed by atoms with van der Waals surface area (Å²) in [5.41, 5.74) is 6.07. The van der Waals surface area contributed by atoms with E-state index >= 15 is 0 Å². The molecule has 1 aliphatic rings. The number of primary amides is 1. The van der Waals surface area contributed by atoms with Crippen molar-refractivity contribution in [2.24, 2.45) is 5.73 Å². The van der Waals surface area contributed by atoms with Gasteiger partial charge in [0.15, 0.2) is 0 Å². The van der Waals surface area contributed by atoms with Gasteiger partial charge >= 0.3 is 0 Å². The smallest absolute Gasteiger partial charge is 0.243 e. The molecule has 3 atom stereocenters. The van der Waals surface area contributed by atoms with Crippen LogP contribution in [0, 0.1) is 0 Å². The van der Waals surface area contributed by atoms with Crippen LogP contribution in [0.3, 0.4) is 0 Å². The van der Waals surface area contributed by atoms with Crippen LogP contribution in [0.1, 0.15) is 31.7 Å². The van der Waals surface area contributed by atoms with E-state index in [9.17, 15) is 38.4 Å². The minimum atomic E-state index is -1.24. The van der Waals surface area contributed by atoms with Crippen LogP contribution in [0.25, 0.3) is 0 Å². The van der Waals surface area contributed by atoms with Crippen LogP contribution in [0.2, 0.25) is 0 Å². The first kappa shape index (κ1) is 33.2. The molecule has 0 aromatic heterocycles. The quantitative estimate of drug-likeness (QED) is 0.162. The summed E-state index contributed by atoms with van der Waals surface area (Å²) in [6.07, 6.45) is -0.381. The molecule has 1 fully saturated rings. The molecule has 1 saturated heterocycles. The third kappa shape index (κ3) is 12.4. The van der Waals surface area contributed by atoms with Crippen molar-refractivity contribution in [1.29, 1.82) is 0 Å². The molecule has 9 N–H and O–H groups in total. The van der Waals surface area contributed by atoms with Crippen LogP contribution < -0.4 is 43.0 Å². The van der Waals surface area contributed by atoms with E-state index in [-0.39, 0.29) is 32.2 Å². The van der Waals surface area contributed by atoms with E-state index in [4.69, 9.17) is 5.73 Å². The number of rotatable bonds is 6. The van der Waals surface area contributed by atoms with Gasteiger partial charge in [-0.05, 0) is 18.4 Å².